The quantitative estimate of drug-likeness (QED) is 0.747. The minimum Gasteiger partial charge on any atom is -0.235 e. The Hall–Kier alpha value is -1.02. The normalized spacial score (nSPS) is 12.2. The van der Waals surface area contributed by atoms with Crippen molar-refractivity contribution in [2.24, 2.45) is 0 Å². The van der Waals surface area contributed by atoms with E-state index in [1.54, 1.807) is 6.92 Å². The molecule has 0 amide bonds. The van der Waals surface area contributed by atoms with E-state index in [0.29, 0.717) is 15.8 Å². The largest absolute Gasteiger partial charge is 0.335 e. The standard InChI is InChI=1S/C7H5BrFN3O2S/c1-4-6(8)7-10-2-5(15(9,13)14)3-12(7)11-4/h2-3H,1H3. The summed E-state index contributed by atoms with van der Waals surface area (Å²) in [6.45, 7) is 1.72. The molecule has 15 heavy (non-hydrogen) atoms. The first-order valence-corrected chi connectivity index (χ1v) is 6.02. The van der Waals surface area contributed by atoms with Crippen molar-refractivity contribution in [3.8, 4) is 0 Å². The van der Waals surface area contributed by atoms with Gasteiger partial charge in [-0.15, -0.1) is 3.89 Å². The molecule has 0 radical (unpaired) electrons. The predicted molar refractivity (Wildman–Crippen MR) is 53.7 cm³/mol. The minimum absolute atomic E-state index is 0.444. The number of rotatable bonds is 1. The molecule has 0 aliphatic heterocycles. The summed E-state index contributed by atoms with van der Waals surface area (Å²) in [5.41, 5.74) is 1.09. The Bertz CT molecular complexity index is 637. The topological polar surface area (TPSA) is 64.3 Å². The Labute approximate surface area is 93.3 Å². The van der Waals surface area contributed by atoms with Crippen molar-refractivity contribution in [1.29, 1.82) is 0 Å². The summed E-state index contributed by atoms with van der Waals surface area (Å²) in [7, 11) is -4.74. The van der Waals surface area contributed by atoms with Gasteiger partial charge in [0.05, 0.1) is 22.6 Å². The van der Waals surface area contributed by atoms with Gasteiger partial charge in [-0.1, -0.05) is 0 Å². The van der Waals surface area contributed by atoms with Crippen molar-refractivity contribution >= 4 is 31.8 Å². The van der Waals surface area contributed by atoms with E-state index in [-0.39, 0.29) is 0 Å². The van der Waals surface area contributed by atoms with Gasteiger partial charge in [-0.2, -0.15) is 13.5 Å². The molecule has 0 aliphatic carbocycles. The lowest BCUT2D eigenvalue weighted by atomic mass is 10.5. The van der Waals surface area contributed by atoms with Crippen LogP contribution in [-0.2, 0) is 10.2 Å². The van der Waals surface area contributed by atoms with Gasteiger partial charge in [-0.05, 0) is 22.9 Å². The van der Waals surface area contributed by atoms with Crippen LogP contribution in [0.3, 0.4) is 0 Å². The van der Waals surface area contributed by atoms with Crippen molar-refractivity contribution < 1.29 is 12.3 Å². The number of halogens is 2. The molecule has 5 nitrogen and oxygen atoms in total. The van der Waals surface area contributed by atoms with E-state index in [1.165, 1.54) is 4.52 Å². The first kappa shape index (κ1) is 10.5. The van der Waals surface area contributed by atoms with Crippen LogP contribution >= 0.6 is 15.9 Å². The maximum absolute atomic E-state index is 12.6. The molecule has 0 N–H and O–H groups in total. The van der Waals surface area contributed by atoms with Gasteiger partial charge in [0.25, 0.3) is 0 Å². The van der Waals surface area contributed by atoms with Crippen molar-refractivity contribution in [1.82, 2.24) is 14.6 Å². The third-order valence-corrected chi connectivity index (χ3v) is 3.54. The van der Waals surface area contributed by atoms with Crippen molar-refractivity contribution in [2.75, 3.05) is 0 Å². The molecule has 0 aromatic carbocycles. The van der Waals surface area contributed by atoms with Gasteiger partial charge in [0.15, 0.2) is 5.65 Å². The van der Waals surface area contributed by atoms with Crippen LogP contribution in [0.5, 0.6) is 0 Å². The lowest BCUT2D eigenvalue weighted by Crippen LogP contribution is -1.98. The van der Waals surface area contributed by atoms with E-state index in [9.17, 15) is 12.3 Å². The molecule has 0 spiro atoms. The van der Waals surface area contributed by atoms with Gasteiger partial charge >= 0.3 is 10.2 Å². The van der Waals surface area contributed by atoms with E-state index < -0.39 is 15.1 Å². The molecule has 0 atom stereocenters. The zero-order valence-corrected chi connectivity index (χ0v) is 9.88. The zero-order valence-electron chi connectivity index (χ0n) is 7.48. The third-order valence-electron chi connectivity index (χ3n) is 1.83. The van der Waals surface area contributed by atoms with Gasteiger partial charge in [0.2, 0.25) is 0 Å². The van der Waals surface area contributed by atoms with E-state index >= 15 is 0 Å². The van der Waals surface area contributed by atoms with Crippen LogP contribution in [0.4, 0.5) is 3.89 Å². The number of fused-ring (bicyclic) bond motifs is 1. The molecule has 2 aromatic rings. The number of hydrogen-bond donors (Lipinski definition) is 0. The highest BCUT2D eigenvalue weighted by atomic mass is 79.9. The van der Waals surface area contributed by atoms with Gasteiger partial charge in [0, 0.05) is 0 Å². The molecule has 0 bridgehead atoms. The molecule has 8 heteroatoms. The SMILES string of the molecule is Cc1nn2cc(S(=O)(=O)F)cnc2c1Br. The minimum atomic E-state index is -4.74. The fourth-order valence-corrected chi connectivity index (χ4v) is 1.89. The Kier molecular flexibility index (Phi) is 2.27. The highest BCUT2D eigenvalue weighted by molar-refractivity contribution is 9.10. The van der Waals surface area contributed by atoms with Crippen molar-refractivity contribution in [3.05, 3.63) is 22.6 Å². The first-order chi connectivity index (χ1) is 6.89. The zero-order chi connectivity index (χ0) is 11.2. The Morgan fingerprint density at radius 3 is 2.80 bits per heavy atom. The first-order valence-electron chi connectivity index (χ1n) is 3.85. The van der Waals surface area contributed by atoms with Crippen molar-refractivity contribution in [3.63, 3.8) is 0 Å². The highest BCUT2D eigenvalue weighted by Gasteiger charge is 2.15. The number of aromatic nitrogens is 3. The second kappa shape index (κ2) is 3.24. The molecule has 2 aromatic heterocycles. The van der Waals surface area contributed by atoms with Crippen LogP contribution in [0.2, 0.25) is 0 Å². The molecule has 0 saturated heterocycles. The summed E-state index contributed by atoms with van der Waals surface area (Å²) < 4.78 is 35.7. The number of hydrogen-bond acceptors (Lipinski definition) is 4. The maximum atomic E-state index is 12.6. The molecule has 0 saturated carbocycles. The second-order valence-corrected chi connectivity index (χ2v) is 5.04. The molecule has 80 valence electrons. The van der Waals surface area contributed by atoms with Gasteiger partial charge in [0.1, 0.15) is 4.90 Å². The summed E-state index contributed by atoms with van der Waals surface area (Å²) in [4.78, 5) is 3.29. The average Bonchev–Trinajstić information content (AvgIpc) is 2.41. The fraction of sp³-hybridized carbons (Fsp3) is 0.143. The lowest BCUT2D eigenvalue weighted by Gasteiger charge is -1.95. The van der Waals surface area contributed by atoms with E-state index in [2.05, 4.69) is 26.0 Å². The van der Waals surface area contributed by atoms with Crippen LogP contribution in [-0.4, -0.2) is 23.0 Å². The van der Waals surface area contributed by atoms with Gasteiger partial charge < -0.3 is 0 Å². The van der Waals surface area contributed by atoms with Crippen LogP contribution in [0.15, 0.2) is 21.8 Å². The summed E-state index contributed by atoms with van der Waals surface area (Å²) >= 11 is 3.24. The smallest absolute Gasteiger partial charge is 0.235 e. The maximum Gasteiger partial charge on any atom is 0.335 e. The van der Waals surface area contributed by atoms with Crippen LogP contribution < -0.4 is 0 Å². The van der Waals surface area contributed by atoms with E-state index in [0.717, 1.165) is 12.4 Å². The van der Waals surface area contributed by atoms with Crippen LogP contribution in [0, 0.1) is 6.92 Å². The molecule has 2 rings (SSSR count). The Morgan fingerprint density at radius 2 is 2.20 bits per heavy atom. The van der Waals surface area contributed by atoms with Crippen LogP contribution in [0.25, 0.3) is 5.65 Å². The summed E-state index contributed by atoms with van der Waals surface area (Å²) in [5.74, 6) is 0. The third kappa shape index (κ3) is 1.74. The predicted octanol–water partition coefficient (Wildman–Crippen LogP) is 1.46. The van der Waals surface area contributed by atoms with Gasteiger partial charge in [-0.25, -0.2) is 9.50 Å². The molecule has 0 aliphatic rings. The number of aryl methyl sites for hydroxylation is 1. The van der Waals surface area contributed by atoms with E-state index in [1.807, 2.05) is 0 Å². The summed E-state index contributed by atoms with van der Waals surface area (Å²) in [5, 5.41) is 3.96. The lowest BCUT2D eigenvalue weighted by molar-refractivity contribution is 0.550. The Morgan fingerprint density at radius 1 is 1.53 bits per heavy atom. The molecular formula is C7H5BrFN3O2S. The highest BCUT2D eigenvalue weighted by Crippen LogP contribution is 2.21. The summed E-state index contributed by atoms with van der Waals surface area (Å²) in [6, 6.07) is 0. The average molecular weight is 294 g/mol. The second-order valence-electron chi connectivity index (χ2n) is 2.90. The van der Waals surface area contributed by atoms with Crippen molar-refractivity contribution in [2.45, 2.75) is 11.8 Å². The fourth-order valence-electron chi connectivity index (χ4n) is 1.13. The molecule has 0 fully saturated rings. The Balaban J connectivity index is 2.78. The summed E-state index contributed by atoms with van der Waals surface area (Å²) in [6.07, 6.45) is 2.03. The monoisotopic (exact) mass is 293 g/mol. The molecule has 0 unspecified atom stereocenters. The number of nitrogens with zero attached hydrogens (tertiary/aromatic N) is 3. The van der Waals surface area contributed by atoms with E-state index in [4.69, 9.17) is 0 Å². The van der Waals surface area contributed by atoms with Gasteiger partial charge in [-0.3, -0.25) is 0 Å². The molecule has 2 heterocycles. The molecular weight excluding hydrogens is 289 g/mol. The van der Waals surface area contributed by atoms with Crippen LogP contribution in [0.1, 0.15) is 5.69 Å².